The fourth-order valence-electron chi connectivity index (χ4n) is 2.12. The van der Waals surface area contributed by atoms with E-state index in [2.05, 4.69) is 4.98 Å². The number of nitrogens with zero attached hydrogens (tertiary/aromatic N) is 1. The maximum Gasteiger partial charge on any atom is 0.328 e. The molecule has 3 N–H and O–H groups in total. The number of aromatic nitrogens is 2. The maximum atomic E-state index is 11.9. The molecule has 19 heavy (non-hydrogen) atoms. The van der Waals surface area contributed by atoms with Crippen LogP contribution in [-0.2, 0) is 9.47 Å². The molecule has 1 aromatic heterocycles. The van der Waals surface area contributed by atoms with Gasteiger partial charge in [0.15, 0.2) is 6.23 Å². The van der Waals surface area contributed by atoms with Crippen molar-refractivity contribution in [1.82, 2.24) is 9.55 Å². The fourth-order valence-corrected chi connectivity index (χ4v) is 2.26. The molecule has 1 aromatic rings. The van der Waals surface area contributed by atoms with Crippen molar-refractivity contribution in [3.63, 3.8) is 0 Å². The lowest BCUT2D eigenvalue weighted by Crippen LogP contribution is -2.37. The summed E-state index contributed by atoms with van der Waals surface area (Å²) in [7, 11) is 1.41. The Labute approximate surface area is 114 Å². The highest BCUT2D eigenvalue weighted by Gasteiger charge is 2.45. The summed E-state index contributed by atoms with van der Waals surface area (Å²) in [6.45, 7) is 1.40. The molecule has 0 spiro atoms. The first-order valence-corrected chi connectivity index (χ1v) is 6.19. The van der Waals surface area contributed by atoms with Crippen molar-refractivity contribution in [1.29, 1.82) is 0 Å². The number of aromatic amines is 1. The zero-order valence-electron chi connectivity index (χ0n) is 10.6. The number of methoxy groups -OCH3 is 1. The van der Waals surface area contributed by atoms with Crippen molar-refractivity contribution in [2.24, 2.45) is 0 Å². The van der Waals surface area contributed by atoms with Crippen molar-refractivity contribution >= 4 is 12.2 Å². The molecule has 1 aliphatic heterocycles. The summed E-state index contributed by atoms with van der Waals surface area (Å²) in [6.07, 6.45) is -1.79. The van der Waals surface area contributed by atoms with Gasteiger partial charge < -0.3 is 19.7 Å². The minimum absolute atomic E-state index is 0.353. The molecule has 4 atom stereocenters. The van der Waals surface area contributed by atoms with Crippen molar-refractivity contribution in [3.05, 3.63) is 26.9 Å². The largest absolute Gasteiger partial charge is 0.394 e. The van der Waals surface area contributed by atoms with Crippen molar-refractivity contribution in [2.75, 3.05) is 13.7 Å². The molecule has 0 amide bonds. The van der Waals surface area contributed by atoms with Crippen LogP contribution in [0.15, 0.2) is 11.0 Å². The van der Waals surface area contributed by atoms with Gasteiger partial charge in [0.2, 0.25) is 0 Å². The highest BCUT2D eigenvalue weighted by Crippen LogP contribution is 2.30. The molecule has 7 nitrogen and oxygen atoms in total. The lowest BCUT2D eigenvalue weighted by molar-refractivity contribution is -0.0626. The lowest BCUT2D eigenvalue weighted by Gasteiger charge is -2.20. The summed E-state index contributed by atoms with van der Waals surface area (Å²) in [4.78, 5) is 14.4. The predicted octanol–water partition coefficient (Wildman–Crippen LogP) is -0.520. The lowest BCUT2D eigenvalue weighted by atomic mass is 10.1. The average molecular weight is 288 g/mol. The van der Waals surface area contributed by atoms with Crippen LogP contribution in [0.2, 0.25) is 0 Å². The molecule has 106 valence electrons. The monoisotopic (exact) mass is 288 g/mol. The van der Waals surface area contributed by atoms with E-state index in [9.17, 15) is 9.90 Å². The molecule has 1 fully saturated rings. The number of nitrogens with one attached hydrogen (secondary N) is 1. The Bertz CT molecular complexity index is 569. The molecule has 2 rings (SSSR count). The van der Waals surface area contributed by atoms with E-state index in [-0.39, 0.29) is 6.61 Å². The van der Waals surface area contributed by atoms with Crippen LogP contribution >= 0.6 is 12.2 Å². The highest BCUT2D eigenvalue weighted by atomic mass is 32.1. The first kappa shape index (κ1) is 14.4. The van der Waals surface area contributed by atoms with Gasteiger partial charge in [0.1, 0.15) is 23.0 Å². The molecule has 0 aromatic carbocycles. The Morgan fingerprint density at radius 2 is 2.32 bits per heavy atom. The van der Waals surface area contributed by atoms with Crippen molar-refractivity contribution in [3.8, 4) is 0 Å². The number of aryl methyl sites for hydroxylation is 1. The SMILES string of the molecule is CO[C@@H]1[C@H](O)[C@@H](CO)O[C@H]1n1cc(C)c(=S)[nH]c1=O. The summed E-state index contributed by atoms with van der Waals surface area (Å²) < 4.78 is 12.3. The van der Waals surface area contributed by atoms with E-state index in [1.54, 1.807) is 13.1 Å². The number of H-pyrrole nitrogens is 1. The van der Waals surface area contributed by atoms with Crippen LogP contribution in [0.25, 0.3) is 0 Å². The number of rotatable bonds is 3. The summed E-state index contributed by atoms with van der Waals surface area (Å²) in [5.41, 5.74) is 0.253. The van der Waals surface area contributed by atoms with Crippen LogP contribution < -0.4 is 5.69 Å². The minimum Gasteiger partial charge on any atom is -0.394 e. The maximum absolute atomic E-state index is 11.9. The van der Waals surface area contributed by atoms with Crippen LogP contribution in [-0.4, -0.2) is 51.8 Å². The van der Waals surface area contributed by atoms with Gasteiger partial charge in [-0.2, -0.15) is 0 Å². The summed E-state index contributed by atoms with van der Waals surface area (Å²) in [5, 5.41) is 19.1. The van der Waals surface area contributed by atoms with Crippen molar-refractivity contribution < 1.29 is 19.7 Å². The Morgan fingerprint density at radius 1 is 1.63 bits per heavy atom. The summed E-state index contributed by atoms with van der Waals surface area (Å²) >= 11 is 4.97. The summed E-state index contributed by atoms with van der Waals surface area (Å²) in [6, 6.07) is 0. The molecule has 0 unspecified atom stereocenters. The average Bonchev–Trinajstić information content (AvgIpc) is 2.70. The molecule has 1 aliphatic rings. The van der Waals surface area contributed by atoms with E-state index < -0.39 is 30.2 Å². The number of hydrogen-bond donors (Lipinski definition) is 3. The molecule has 0 aliphatic carbocycles. The third-order valence-electron chi connectivity index (χ3n) is 3.18. The van der Waals surface area contributed by atoms with Gasteiger partial charge in [-0.3, -0.25) is 9.55 Å². The Morgan fingerprint density at radius 3 is 2.89 bits per heavy atom. The molecule has 1 saturated heterocycles. The third-order valence-corrected chi connectivity index (χ3v) is 3.61. The Kier molecular flexibility index (Phi) is 4.16. The quantitative estimate of drug-likeness (QED) is 0.648. The third kappa shape index (κ3) is 2.49. The van der Waals surface area contributed by atoms with Gasteiger partial charge in [0, 0.05) is 18.9 Å². The second-order valence-corrected chi connectivity index (χ2v) is 4.83. The minimum atomic E-state index is -1.00. The van der Waals surface area contributed by atoms with E-state index in [1.807, 2.05) is 0 Å². The van der Waals surface area contributed by atoms with E-state index in [0.29, 0.717) is 10.2 Å². The van der Waals surface area contributed by atoms with E-state index in [4.69, 9.17) is 26.8 Å². The van der Waals surface area contributed by atoms with Gasteiger partial charge in [-0.1, -0.05) is 12.2 Å². The second kappa shape index (κ2) is 5.51. The Balaban J connectivity index is 2.44. The summed E-state index contributed by atoms with van der Waals surface area (Å²) in [5.74, 6) is 0. The normalized spacial score (nSPS) is 30.7. The fraction of sp³-hybridized carbons (Fsp3) is 0.636. The topological polar surface area (TPSA) is 96.7 Å². The smallest absolute Gasteiger partial charge is 0.328 e. The van der Waals surface area contributed by atoms with Gasteiger partial charge >= 0.3 is 5.69 Å². The zero-order valence-corrected chi connectivity index (χ0v) is 11.4. The first-order chi connectivity index (χ1) is 8.99. The zero-order chi connectivity index (χ0) is 14.2. The van der Waals surface area contributed by atoms with Crippen LogP contribution in [0.3, 0.4) is 0 Å². The van der Waals surface area contributed by atoms with Crippen LogP contribution in [0.4, 0.5) is 0 Å². The molecular formula is C11H16N2O5S. The van der Waals surface area contributed by atoms with E-state index in [0.717, 1.165) is 0 Å². The van der Waals surface area contributed by atoms with Crippen LogP contribution in [0.5, 0.6) is 0 Å². The first-order valence-electron chi connectivity index (χ1n) is 5.78. The molecule has 0 saturated carbocycles. The van der Waals surface area contributed by atoms with Crippen LogP contribution in [0, 0.1) is 11.6 Å². The molecule has 8 heteroatoms. The van der Waals surface area contributed by atoms with Crippen LogP contribution in [0.1, 0.15) is 11.8 Å². The van der Waals surface area contributed by atoms with Gasteiger partial charge in [-0.15, -0.1) is 0 Å². The number of aliphatic hydroxyl groups excluding tert-OH is 2. The van der Waals surface area contributed by atoms with Gasteiger partial charge in [0.05, 0.1) is 6.61 Å². The molecule has 2 heterocycles. The van der Waals surface area contributed by atoms with Gasteiger partial charge in [-0.05, 0) is 6.92 Å². The number of hydrogen-bond acceptors (Lipinski definition) is 6. The molecule has 0 radical (unpaired) electrons. The molecule has 0 bridgehead atoms. The molecular weight excluding hydrogens is 272 g/mol. The van der Waals surface area contributed by atoms with Gasteiger partial charge in [-0.25, -0.2) is 4.79 Å². The van der Waals surface area contributed by atoms with E-state index >= 15 is 0 Å². The van der Waals surface area contributed by atoms with E-state index in [1.165, 1.54) is 11.7 Å². The van der Waals surface area contributed by atoms with Crippen molar-refractivity contribution in [2.45, 2.75) is 31.5 Å². The second-order valence-electron chi connectivity index (χ2n) is 4.42. The number of ether oxygens (including phenoxy) is 2. The standard InChI is InChI=1S/C11H16N2O5S/c1-5-3-13(11(16)12-9(5)19)10-8(17-2)7(15)6(4-14)18-10/h3,6-8,10,14-15H,4H2,1-2H3,(H,12,16,19)/t6-,7-,8-,10-/m1/s1. The predicted molar refractivity (Wildman–Crippen MR) is 68.4 cm³/mol. The van der Waals surface area contributed by atoms with Gasteiger partial charge in [0.25, 0.3) is 0 Å². The number of aliphatic hydroxyl groups is 2. The Hall–Kier alpha value is -1.06. The highest BCUT2D eigenvalue weighted by molar-refractivity contribution is 7.71.